The number of anilines is 3. The van der Waals surface area contributed by atoms with E-state index in [1.54, 1.807) is 54.4 Å². The van der Waals surface area contributed by atoms with Gasteiger partial charge in [-0.05, 0) is 214 Å². The molecule has 2 unspecified atom stereocenters. The fraction of sp³-hybridized carbons (Fsp3) is 0.367. The van der Waals surface area contributed by atoms with Gasteiger partial charge in [0.25, 0.3) is 11.6 Å². The van der Waals surface area contributed by atoms with Crippen molar-refractivity contribution in [1.29, 1.82) is 15.8 Å². The van der Waals surface area contributed by atoms with Gasteiger partial charge in [0.2, 0.25) is 6.04 Å². The summed E-state index contributed by atoms with van der Waals surface area (Å²) in [5, 5.41) is 64.2. The summed E-state index contributed by atoms with van der Waals surface area (Å²) in [6.07, 6.45) is 24.2. The summed E-state index contributed by atoms with van der Waals surface area (Å²) < 4.78 is 26.2. The molecule has 0 spiro atoms. The number of alkyl halides is 1. The van der Waals surface area contributed by atoms with Gasteiger partial charge >= 0.3 is 71.4 Å². The summed E-state index contributed by atoms with van der Waals surface area (Å²) in [6.45, 7) is 33.3. The maximum absolute atomic E-state index is 10.1. The first-order valence-corrected chi connectivity index (χ1v) is 46.5. The number of rotatable bonds is 23. The average molecular weight is 1960 g/mol. The van der Waals surface area contributed by atoms with Gasteiger partial charge in [-0.1, -0.05) is 265 Å². The fourth-order valence-electron chi connectivity index (χ4n) is 15.6. The van der Waals surface area contributed by atoms with Crippen LogP contribution >= 0.6 is 15.9 Å². The molecule has 0 bridgehead atoms. The van der Waals surface area contributed by atoms with Crippen molar-refractivity contribution in [3.8, 4) is 58.3 Å². The number of hydrogen-bond acceptors (Lipinski definition) is 22. The summed E-state index contributed by atoms with van der Waals surface area (Å²) in [5.41, 5.74) is 28.7. The van der Waals surface area contributed by atoms with Crippen LogP contribution in [0.25, 0.3) is 25.9 Å². The van der Waals surface area contributed by atoms with Crippen LogP contribution in [0.1, 0.15) is 222 Å². The Morgan fingerprint density at radius 2 is 0.820 bits per heavy atom. The van der Waals surface area contributed by atoms with Crippen molar-refractivity contribution in [2.45, 2.75) is 232 Å². The van der Waals surface area contributed by atoms with Gasteiger partial charge in [0.1, 0.15) is 78.3 Å². The number of hydrogen-bond donors (Lipinski definition) is 4. The van der Waals surface area contributed by atoms with E-state index in [2.05, 4.69) is 75.1 Å². The first kappa shape index (κ1) is 120. The zero-order valence-electron chi connectivity index (χ0n) is 79.9. The zero-order valence-corrected chi connectivity index (χ0v) is 85.5. The Morgan fingerprint density at radius 3 is 1.15 bits per heavy atom. The number of nitriles is 3. The van der Waals surface area contributed by atoms with Crippen LogP contribution in [0.2, 0.25) is 0 Å². The smallest absolute Gasteiger partial charge is 0.870 e. The van der Waals surface area contributed by atoms with Gasteiger partial charge in [0.15, 0.2) is 5.54 Å². The number of nitrogen functional groups attached to an aromatic ring is 3. The molecule has 0 aliphatic heterocycles. The van der Waals surface area contributed by atoms with Crippen molar-refractivity contribution >= 4 is 68.3 Å². The van der Waals surface area contributed by atoms with Crippen LogP contribution in [-0.4, -0.2) is 70.7 Å². The van der Waals surface area contributed by atoms with E-state index in [-0.39, 0.29) is 96.1 Å². The second-order valence-electron chi connectivity index (χ2n) is 33.8. The van der Waals surface area contributed by atoms with E-state index in [1.807, 2.05) is 226 Å². The van der Waals surface area contributed by atoms with Gasteiger partial charge in [0, 0.05) is 36.3 Å². The number of nitrogens with two attached hydrogens (primary N) is 3. The van der Waals surface area contributed by atoms with Crippen molar-refractivity contribution in [2.75, 3.05) is 22.5 Å². The topological polar surface area (TPSA) is 414 Å². The normalized spacial score (nSPS) is 14.0. The molecule has 16 rings (SSSR count). The maximum Gasteiger partial charge on any atom is 1.00 e. The Morgan fingerprint density at radius 1 is 0.504 bits per heavy atom. The van der Waals surface area contributed by atoms with Crippen LogP contribution < -0.4 is 100 Å². The molecule has 9 aromatic carbocycles. The molecule has 2 heterocycles. The van der Waals surface area contributed by atoms with E-state index >= 15 is 0 Å². The van der Waals surface area contributed by atoms with E-state index in [9.17, 15) is 20.7 Å². The maximum atomic E-state index is 10.1. The van der Waals surface area contributed by atoms with Gasteiger partial charge in [-0.3, -0.25) is 4.99 Å². The Kier molecular flexibility index (Phi) is 58.4. The molecule has 27 nitrogen and oxygen atoms in total. The number of carbonyl (C=O) groups excluding carboxylic acids is 4. The SMILES string of the molecule is C.CC(C#N)(N=Nc1ccc(OCc2ccccc2)cc1)C1CCCC1.CC(C)(C)[O-].N#CC(=NCc1ccc(OCc2ccccc2)cc1)C1CCCC1.N#CCBr.Nc1ccc(OCc2ccccc2)cc1.O=C=O.O=C=O.[C-]#[N+]C(C)C1CCCC1.[C-]#[N+]c1c(N)c(C2CCCC2)nn1-c1ccc(O)cc1.[C-]#[N+]c1c(N)c(C2CCCC2)nn1-c1ccc(OCc2ccccc2)cc1.[Na+].[Na+].[OH-]. The number of aromatic nitrogens is 4. The van der Waals surface area contributed by atoms with E-state index in [4.69, 9.17) is 85.4 Å². The standard InChI is InChI=1S/C22H22N4O.C21H23N3O.C21H22N2O.C15H16N4O.C13H13NO.C8H13N.C4H9O.C2H2BrN.2CO2.CH4.2Na.H2O/c1-24-22-20(23)21(17-9-5-6-10-17)25-26(22)18-11-13-19(14-12-18)27-15-16-7-3-2-4-8-16;1-21(16-22,18-9-5-6-10-18)24-23-19-11-13-20(14-12-19)25-15-17-7-3-2-4-8-17;22-14-21(19-8-4-5-9-19)23-15-17-10-12-20(13-11-17)24-16-18-6-2-1-3-7-18;1-17-15-13(16)14(10-4-2-3-5-10)18-19(15)11-6-8-12(20)9-7-11;14-12-6-8-13(9-7-12)15-10-11-4-2-1-3-5-11;1-7(9-2)8-5-3-4-6-8;1-4(2,3)5;3-1-2-4;2*2-1-3;;;;/h2-4,7-8,11-14,17H,5-6,9-10,15,23H2;2-4,7-8,11-14,18H,5-6,9-10,15H2,1H3;1-3,6-7,10-13,19H,4-5,8-9,15-16H2;6-10,20H,2-5,16H2;1-9H,10,14H2;7-8H,3-6H2,1H3;1-3H3;1H2;;;1H4;;;1H2/q;;;;;;-1;;;;;2*+1;/p-1. The molecule has 5 saturated carbocycles. The molecule has 0 amide bonds. The number of benzene rings is 9. The van der Waals surface area contributed by atoms with Crippen molar-refractivity contribution in [3.63, 3.8) is 0 Å². The van der Waals surface area contributed by atoms with Crippen molar-refractivity contribution in [1.82, 2.24) is 19.6 Å². The van der Waals surface area contributed by atoms with Gasteiger partial charge < -0.3 is 66.4 Å². The van der Waals surface area contributed by atoms with Crippen molar-refractivity contribution in [3.05, 3.63) is 316 Å². The number of phenols is 1. The molecule has 5 aliphatic rings. The number of halogens is 1. The number of ether oxygens (including phenoxy) is 4. The van der Waals surface area contributed by atoms with Gasteiger partial charge in [-0.15, -0.1) is 5.60 Å². The molecule has 0 radical (unpaired) electrons. The summed E-state index contributed by atoms with van der Waals surface area (Å²) in [5.74, 6) is 6.37. The van der Waals surface area contributed by atoms with E-state index in [1.165, 1.54) is 77.0 Å². The van der Waals surface area contributed by atoms with Crippen molar-refractivity contribution < 1.29 is 113 Å². The Hall–Kier alpha value is -12.8. The van der Waals surface area contributed by atoms with Crippen LogP contribution in [0.3, 0.4) is 0 Å². The number of aromatic hydroxyl groups is 1. The van der Waals surface area contributed by atoms with Crippen LogP contribution in [0, 0.1) is 71.5 Å². The predicted octanol–water partition coefficient (Wildman–Crippen LogP) is 19.0. The Labute approximate surface area is 871 Å². The molecule has 0 saturated heterocycles. The molecule has 716 valence electrons. The van der Waals surface area contributed by atoms with Gasteiger partial charge in [0.05, 0.1) is 52.5 Å². The summed E-state index contributed by atoms with van der Waals surface area (Å²) >= 11 is 2.89. The van der Waals surface area contributed by atoms with Crippen LogP contribution in [-0.2, 0) is 52.2 Å². The zero-order chi connectivity index (χ0) is 97.4. The van der Waals surface area contributed by atoms with Crippen LogP contribution in [0.15, 0.2) is 258 Å². The third-order valence-electron chi connectivity index (χ3n) is 22.7. The van der Waals surface area contributed by atoms with Gasteiger partial charge in [-0.25, -0.2) is 6.57 Å². The molecular weight excluding hydrogens is 1840 g/mol. The minimum Gasteiger partial charge on any atom is -0.870 e. The number of phenolic OH excluding ortho intramolecular Hbond substituents is 1. The van der Waals surface area contributed by atoms with E-state index < -0.39 is 11.1 Å². The number of aliphatic imine (C=N–C) groups is 1. The Bertz CT molecular complexity index is 5700. The third-order valence-corrected chi connectivity index (χ3v) is 23.0. The first-order valence-electron chi connectivity index (χ1n) is 45.3. The molecule has 30 heteroatoms. The third kappa shape index (κ3) is 43.4. The molecule has 8 N–H and O–H groups in total. The molecule has 2 atom stereocenters. The minimum atomic E-state index is -0.750. The molecule has 11 aromatic rings. The summed E-state index contributed by atoms with van der Waals surface area (Å²) in [6, 6.07) is 84.3. The Balaban J connectivity index is 0.000000421. The molecular formula is C109H125BrN16Na2O11. The quantitative estimate of drug-likeness (QED) is 0.0115. The monoisotopic (exact) mass is 1960 g/mol. The largest absolute Gasteiger partial charge is 1.00 e. The number of azo groups is 1. The minimum absolute atomic E-state index is 0. The average Bonchev–Trinajstić information content (AvgIpc) is 1.64. The number of nitrogens with zero attached hydrogens (tertiary/aromatic N) is 13. The fourth-order valence-corrected chi connectivity index (χ4v) is 15.6. The second kappa shape index (κ2) is 67.4. The molecule has 5 fully saturated rings. The van der Waals surface area contributed by atoms with E-state index in [0.717, 1.165) is 148 Å². The van der Waals surface area contributed by atoms with Crippen LogP contribution in [0.5, 0.6) is 28.7 Å². The summed E-state index contributed by atoms with van der Waals surface area (Å²) in [7, 11) is 0. The molecule has 5 aliphatic carbocycles. The van der Waals surface area contributed by atoms with Gasteiger partial charge in [-0.2, -0.15) is 54.6 Å². The van der Waals surface area contributed by atoms with E-state index in [0.29, 0.717) is 85.0 Å². The van der Waals surface area contributed by atoms with Crippen LogP contribution in [0.4, 0.5) is 34.4 Å². The predicted molar refractivity (Wildman–Crippen MR) is 534 cm³/mol. The molecule has 139 heavy (non-hydrogen) atoms. The second-order valence-corrected chi connectivity index (χ2v) is 34.4. The van der Waals surface area contributed by atoms with Crippen molar-refractivity contribution in [2.24, 2.45) is 33.0 Å². The molecule has 2 aromatic heterocycles. The summed E-state index contributed by atoms with van der Waals surface area (Å²) in [4.78, 5) is 47.7. The first-order chi connectivity index (χ1) is 65.4.